The van der Waals surface area contributed by atoms with Gasteiger partial charge in [0.1, 0.15) is 13.2 Å². The SMILES string of the molecule is CC/C=C\C/C=C\C/C=C\C/C=C\C/C=C\CCCC(=O)OC(COC(=O)CCCCCCC/C=C\C/C=C\CCCCCC)COC(=O)CCCCCCCCCCCCCCCC/C=C\C/C=C\C/C=C\CCCCCCC. The fraction of sp³-hybridized carbons (Fsp3) is 0.689. The Labute approximate surface area is 494 Å². The second-order valence-electron chi connectivity index (χ2n) is 22.0. The molecule has 1 unspecified atom stereocenters. The number of hydrogen-bond acceptors (Lipinski definition) is 6. The van der Waals surface area contributed by atoms with Gasteiger partial charge in [0.25, 0.3) is 0 Å². The summed E-state index contributed by atoms with van der Waals surface area (Å²) in [5.41, 5.74) is 0. The predicted molar refractivity (Wildman–Crippen MR) is 348 cm³/mol. The zero-order chi connectivity index (χ0) is 57.8. The molecule has 0 N–H and O–H groups in total. The van der Waals surface area contributed by atoms with Crippen molar-refractivity contribution in [3.63, 3.8) is 0 Å². The number of allylic oxidation sites excluding steroid dienone is 20. The number of carbonyl (C=O) groups excluding carboxylic acids is 3. The molecule has 0 fully saturated rings. The van der Waals surface area contributed by atoms with E-state index in [1.54, 1.807) is 0 Å². The summed E-state index contributed by atoms with van der Waals surface area (Å²) >= 11 is 0. The van der Waals surface area contributed by atoms with E-state index in [0.29, 0.717) is 19.3 Å². The van der Waals surface area contributed by atoms with Crippen LogP contribution >= 0.6 is 0 Å². The van der Waals surface area contributed by atoms with Crippen molar-refractivity contribution in [2.24, 2.45) is 0 Å². The maximum absolute atomic E-state index is 12.9. The van der Waals surface area contributed by atoms with Gasteiger partial charge >= 0.3 is 17.9 Å². The molecule has 0 aliphatic carbocycles. The lowest BCUT2D eigenvalue weighted by atomic mass is 10.0. The van der Waals surface area contributed by atoms with Crippen LogP contribution < -0.4 is 0 Å². The smallest absolute Gasteiger partial charge is 0.306 e. The molecule has 6 nitrogen and oxygen atoms in total. The Hall–Kier alpha value is -4.19. The van der Waals surface area contributed by atoms with Gasteiger partial charge in [-0.3, -0.25) is 14.4 Å². The minimum Gasteiger partial charge on any atom is -0.462 e. The van der Waals surface area contributed by atoms with E-state index in [2.05, 4.69) is 142 Å². The molecule has 6 heteroatoms. The Bertz CT molecular complexity index is 1650. The van der Waals surface area contributed by atoms with Gasteiger partial charge in [0.2, 0.25) is 0 Å². The number of carbonyl (C=O) groups is 3. The first-order chi connectivity index (χ1) is 39.5. The van der Waals surface area contributed by atoms with Crippen molar-refractivity contribution in [2.45, 2.75) is 316 Å². The Morgan fingerprint density at radius 2 is 0.500 bits per heavy atom. The number of unbranched alkanes of at least 4 members (excludes halogenated alkanes) is 29. The standard InChI is InChI=1S/C74H124O6/c1-4-7-10-13-16-19-22-25-28-31-32-33-34-35-36-37-38-39-40-41-42-44-46-49-52-55-58-61-64-67-73(76)79-70-71(69-78-72(75)66-63-60-57-54-51-48-45-30-27-24-21-18-15-12-9-6-3)80-74(77)68-65-62-59-56-53-50-47-43-29-26-23-20-17-14-11-8-5-2/h8,11,17,20-22,24-26,29-32,34-35,45,47,50,56,59,71H,4-7,9-10,12-16,18-19,23,27-28,33,36-44,46,48-49,51-55,57-58,60-70H2,1-3H3/b11-8-,20-17-,24-21-,25-22-,29-26-,32-31-,35-34-,45-30-,50-47-,59-56-. The largest absolute Gasteiger partial charge is 0.462 e. The lowest BCUT2D eigenvalue weighted by Crippen LogP contribution is -2.30. The van der Waals surface area contributed by atoms with Crippen LogP contribution in [-0.2, 0) is 28.6 Å². The molecule has 1 atom stereocenters. The molecule has 0 bridgehead atoms. The van der Waals surface area contributed by atoms with E-state index < -0.39 is 6.10 Å². The molecule has 0 aliphatic rings. The van der Waals surface area contributed by atoms with Crippen LogP contribution in [0.25, 0.3) is 0 Å². The van der Waals surface area contributed by atoms with Crippen molar-refractivity contribution < 1.29 is 28.6 Å². The summed E-state index contributed by atoms with van der Waals surface area (Å²) in [7, 11) is 0. The summed E-state index contributed by atoms with van der Waals surface area (Å²) in [4.78, 5) is 38.3. The van der Waals surface area contributed by atoms with Crippen LogP contribution in [0.4, 0.5) is 0 Å². The summed E-state index contributed by atoms with van der Waals surface area (Å²) in [5, 5.41) is 0. The van der Waals surface area contributed by atoms with Crippen molar-refractivity contribution in [3.05, 3.63) is 122 Å². The molecular weight excluding hydrogens is 985 g/mol. The minimum atomic E-state index is -0.818. The van der Waals surface area contributed by atoms with Crippen molar-refractivity contribution in [2.75, 3.05) is 13.2 Å². The zero-order valence-corrected chi connectivity index (χ0v) is 52.3. The van der Waals surface area contributed by atoms with Gasteiger partial charge in [0.15, 0.2) is 6.10 Å². The monoisotopic (exact) mass is 1110 g/mol. The van der Waals surface area contributed by atoms with Gasteiger partial charge in [-0.15, -0.1) is 0 Å². The summed E-state index contributed by atoms with van der Waals surface area (Å²) in [6.45, 7) is 6.46. The Morgan fingerprint density at radius 1 is 0.263 bits per heavy atom. The third-order valence-electron chi connectivity index (χ3n) is 14.2. The van der Waals surface area contributed by atoms with Gasteiger partial charge in [0.05, 0.1) is 0 Å². The minimum absolute atomic E-state index is 0.107. The summed E-state index contributed by atoms with van der Waals surface area (Å²) in [6, 6.07) is 0. The topological polar surface area (TPSA) is 78.9 Å². The molecule has 0 amide bonds. The second-order valence-corrected chi connectivity index (χ2v) is 22.0. The first kappa shape index (κ1) is 75.8. The van der Waals surface area contributed by atoms with Gasteiger partial charge in [-0.25, -0.2) is 0 Å². The van der Waals surface area contributed by atoms with Crippen molar-refractivity contribution >= 4 is 17.9 Å². The van der Waals surface area contributed by atoms with E-state index in [-0.39, 0.29) is 37.5 Å². The molecule has 0 heterocycles. The highest BCUT2D eigenvalue weighted by molar-refractivity contribution is 5.71. The van der Waals surface area contributed by atoms with Gasteiger partial charge in [-0.05, 0) is 128 Å². The quantitative estimate of drug-likeness (QED) is 0.0261. The summed E-state index contributed by atoms with van der Waals surface area (Å²) in [6.07, 6.45) is 93.6. The molecule has 0 rings (SSSR count). The molecule has 0 saturated carbocycles. The first-order valence-electron chi connectivity index (χ1n) is 33.5. The lowest BCUT2D eigenvalue weighted by Gasteiger charge is -2.18. The summed E-state index contributed by atoms with van der Waals surface area (Å²) in [5.74, 6) is -0.975. The fourth-order valence-electron chi connectivity index (χ4n) is 9.16. The Morgan fingerprint density at radius 3 is 0.812 bits per heavy atom. The second kappa shape index (κ2) is 67.3. The molecule has 0 spiro atoms. The van der Waals surface area contributed by atoms with Crippen LogP contribution in [0.2, 0.25) is 0 Å². The van der Waals surface area contributed by atoms with Gasteiger partial charge in [0, 0.05) is 19.3 Å². The Kier molecular flexibility index (Phi) is 63.8. The summed E-state index contributed by atoms with van der Waals surface area (Å²) < 4.78 is 16.9. The average molecular weight is 1110 g/mol. The molecule has 0 aromatic carbocycles. The van der Waals surface area contributed by atoms with Crippen LogP contribution in [0.5, 0.6) is 0 Å². The highest BCUT2D eigenvalue weighted by atomic mass is 16.6. The lowest BCUT2D eigenvalue weighted by molar-refractivity contribution is -0.167. The maximum atomic E-state index is 12.9. The van der Waals surface area contributed by atoms with E-state index in [1.165, 1.54) is 148 Å². The van der Waals surface area contributed by atoms with E-state index in [1.807, 2.05) is 0 Å². The van der Waals surface area contributed by atoms with Crippen LogP contribution in [0.15, 0.2) is 122 Å². The van der Waals surface area contributed by atoms with Crippen molar-refractivity contribution in [3.8, 4) is 0 Å². The first-order valence-corrected chi connectivity index (χ1v) is 33.5. The highest BCUT2D eigenvalue weighted by Crippen LogP contribution is 2.16. The third-order valence-corrected chi connectivity index (χ3v) is 14.2. The fourth-order valence-corrected chi connectivity index (χ4v) is 9.16. The molecule has 0 saturated heterocycles. The van der Waals surface area contributed by atoms with E-state index in [0.717, 1.165) is 116 Å². The molecule has 456 valence electrons. The van der Waals surface area contributed by atoms with Gasteiger partial charge in [-0.1, -0.05) is 284 Å². The van der Waals surface area contributed by atoms with Gasteiger partial charge in [-0.2, -0.15) is 0 Å². The molecule has 0 aliphatic heterocycles. The average Bonchev–Trinajstić information content (AvgIpc) is 3.46. The van der Waals surface area contributed by atoms with E-state index in [4.69, 9.17) is 14.2 Å². The Balaban J connectivity index is 4.36. The van der Waals surface area contributed by atoms with Gasteiger partial charge < -0.3 is 14.2 Å². The number of ether oxygens (including phenoxy) is 3. The molecule has 80 heavy (non-hydrogen) atoms. The molecule has 0 aromatic heterocycles. The van der Waals surface area contributed by atoms with E-state index >= 15 is 0 Å². The molecule has 0 aromatic rings. The normalized spacial score (nSPS) is 12.9. The number of rotatable bonds is 60. The third kappa shape index (κ3) is 64.6. The molecular formula is C74H124O6. The molecule has 0 radical (unpaired) electrons. The number of hydrogen-bond donors (Lipinski definition) is 0. The maximum Gasteiger partial charge on any atom is 0.306 e. The van der Waals surface area contributed by atoms with Crippen LogP contribution in [0, 0.1) is 0 Å². The zero-order valence-electron chi connectivity index (χ0n) is 52.3. The van der Waals surface area contributed by atoms with Crippen LogP contribution in [0.1, 0.15) is 310 Å². The van der Waals surface area contributed by atoms with E-state index in [9.17, 15) is 14.4 Å². The number of esters is 3. The highest BCUT2D eigenvalue weighted by Gasteiger charge is 2.19. The van der Waals surface area contributed by atoms with Crippen LogP contribution in [-0.4, -0.2) is 37.2 Å². The predicted octanol–water partition coefficient (Wildman–Crippen LogP) is 23.2. The van der Waals surface area contributed by atoms with Crippen molar-refractivity contribution in [1.29, 1.82) is 0 Å². The van der Waals surface area contributed by atoms with Crippen molar-refractivity contribution in [1.82, 2.24) is 0 Å². The van der Waals surface area contributed by atoms with Crippen LogP contribution in [0.3, 0.4) is 0 Å².